The van der Waals surface area contributed by atoms with Crippen LogP contribution in [0, 0.1) is 0 Å². The number of carbonyl (C=O) groups is 1. The van der Waals surface area contributed by atoms with Gasteiger partial charge in [-0.2, -0.15) is 5.10 Å². The van der Waals surface area contributed by atoms with Gasteiger partial charge in [-0.15, -0.1) is 0 Å². The molecule has 1 aliphatic rings. The zero-order valence-corrected chi connectivity index (χ0v) is 16.5. The van der Waals surface area contributed by atoms with E-state index >= 15 is 0 Å². The van der Waals surface area contributed by atoms with Gasteiger partial charge in [0.25, 0.3) is 5.91 Å². The number of fused-ring (bicyclic) bond motifs is 1. The van der Waals surface area contributed by atoms with E-state index in [1.54, 1.807) is 0 Å². The van der Waals surface area contributed by atoms with Gasteiger partial charge in [0.05, 0.1) is 5.69 Å². The number of amides is 1. The molecule has 0 fully saturated rings. The molecule has 1 aromatic heterocycles. The number of aromatic nitrogens is 2. The highest BCUT2D eigenvalue weighted by Gasteiger charge is 2.18. The maximum Gasteiger partial charge on any atom is 0.255 e. The molecule has 0 atom stereocenters. The third-order valence-corrected chi connectivity index (χ3v) is 5.14. The largest absolute Gasteiger partial charge is 0.322 e. The number of aryl methyl sites for hydroxylation is 1. The summed E-state index contributed by atoms with van der Waals surface area (Å²) >= 11 is 0. The lowest BCUT2D eigenvalue weighted by molar-refractivity contribution is 0.102. The van der Waals surface area contributed by atoms with Crippen molar-refractivity contribution in [1.82, 2.24) is 15.1 Å². The van der Waals surface area contributed by atoms with E-state index in [-0.39, 0.29) is 5.91 Å². The van der Waals surface area contributed by atoms with Crippen LogP contribution in [0.25, 0.3) is 11.3 Å². The summed E-state index contributed by atoms with van der Waals surface area (Å²) in [4.78, 5) is 14.8. The van der Waals surface area contributed by atoms with Gasteiger partial charge < -0.3 is 10.2 Å². The van der Waals surface area contributed by atoms with Gasteiger partial charge in [-0.1, -0.05) is 24.3 Å². The Balaban J connectivity index is 1.54. The fraction of sp³-hybridized carbons (Fsp3) is 0.304. The molecule has 1 amide bonds. The van der Waals surface area contributed by atoms with Crippen molar-refractivity contribution < 1.29 is 4.79 Å². The Labute approximate surface area is 165 Å². The summed E-state index contributed by atoms with van der Waals surface area (Å²) in [6.45, 7) is 0.806. The van der Waals surface area contributed by atoms with Crippen LogP contribution in [0.4, 0.5) is 5.69 Å². The molecule has 2 N–H and O–H groups in total. The predicted octanol–water partition coefficient (Wildman–Crippen LogP) is 4.27. The van der Waals surface area contributed by atoms with Crippen molar-refractivity contribution in [3.63, 3.8) is 0 Å². The third kappa shape index (κ3) is 3.99. The summed E-state index contributed by atoms with van der Waals surface area (Å²) in [5.74, 6) is -0.0955. The Bertz CT molecular complexity index is 990. The zero-order valence-electron chi connectivity index (χ0n) is 16.5. The Morgan fingerprint density at radius 1 is 1.11 bits per heavy atom. The lowest BCUT2D eigenvalue weighted by Crippen LogP contribution is -2.14. The van der Waals surface area contributed by atoms with E-state index in [9.17, 15) is 4.79 Å². The maximum atomic E-state index is 12.7. The molecule has 0 saturated heterocycles. The van der Waals surface area contributed by atoms with Crippen LogP contribution in [0.1, 0.15) is 40.0 Å². The summed E-state index contributed by atoms with van der Waals surface area (Å²) in [6.07, 6.45) is 4.56. The number of hydrogen-bond acceptors (Lipinski definition) is 3. The molecule has 0 spiro atoms. The molecule has 0 unspecified atom stereocenters. The van der Waals surface area contributed by atoms with Gasteiger partial charge >= 0.3 is 0 Å². The van der Waals surface area contributed by atoms with Crippen molar-refractivity contribution >= 4 is 11.6 Å². The fourth-order valence-electron chi connectivity index (χ4n) is 3.84. The molecular formula is C23H26N4O. The summed E-state index contributed by atoms with van der Waals surface area (Å²) in [5.41, 5.74) is 7.21. The summed E-state index contributed by atoms with van der Waals surface area (Å²) in [5, 5.41) is 10.8. The molecule has 5 nitrogen and oxygen atoms in total. The number of rotatable bonds is 5. The second-order valence-electron chi connectivity index (χ2n) is 7.71. The minimum Gasteiger partial charge on any atom is -0.322 e. The number of hydrogen-bond donors (Lipinski definition) is 2. The van der Waals surface area contributed by atoms with Gasteiger partial charge in [0, 0.05) is 34.6 Å². The average Bonchev–Trinajstić information content (AvgIpc) is 3.12. The van der Waals surface area contributed by atoms with E-state index in [2.05, 4.69) is 26.5 Å². The second kappa shape index (κ2) is 7.98. The molecule has 0 saturated carbocycles. The number of carbonyl (C=O) groups excluding carboxylic acids is 1. The van der Waals surface area contributed by atoms with E-state index in [4.69, 9.17) is 0 Å². The van der Waals surface area contributed by atoms with Gasteiger partial charge in [-0.05, 0) is 69.6 Å². The lowest BCUT2D eigenvalue weighted by atomic mass is 9.93. The lowest BCUT2D eigenvalue weighted by Gasteiger charge is -2.12. The summed E-state index contributed by atoms with van der Waals surface area (Å²) in [6, 6.07) is 15.7. The number of anilines is 1. The van der Waals surface area contributed by atoms with Crippen LogP contribution in [0.2, 0.25) is 0 Å². The van der Waals surface area contributed by atoms with E-state index < -0.39 is 0 Å². The van der Waals surface area contributed by atoms with Gasteiger partial charge in [-0.3, -0.25) is 9.89 Å². The third-order valence-electron chi connectivity index (χ3n) is 5.14. The molecule has 0 bridgehead atoms. The molecule has 2 aromatic carbocycles. The molecule has 1 aliphatic carbocycles. The van der Waals surface area contributed by atoms with Gasteiger partial charge in [0.1, 0.15) is 0 Å². The van der Waals surface area contributed by atoms with Gasteiger partial charge in [-0.25, -0.2) is 0 Å². The predicted molar refractivity (Wildman–Crippen MR) is 112 cm³/mol. The second-order valence-corrected chi connectivity index (χ2v) is 7.71. The molecule has 144 valence electrons. The molecule has 1 heterocycles. The minimum atomic E-state index is -0.0955. The highest BCUT2D eigenvalue weighted by Crippen LogP contribution is 2.30. The molecule has 28 heavy (non-hydrogen) atoms. The zero-order chi connectivity index (χ0) is 19.5. The highest BCUT2D eigenvalue weighted by molar-refractivity contribution is 6.04. The molecular weight excluding hydrogens is 348 g/mol. The van der Waals surface area contributed by atoms with E-state index in [1.165, 1.54) is 24.1 Å². The van der Waals surface area contributed by atoms with Crippen LogP contribution < -0.4 is 5.32 Å². The van der Waals surface area contributed by atoms with Crippen molar-refractivity contribution in [3.05, 3.63) is 70.9 Å². The topological polar surface area (TPSA) is 61.0 Å². The molecule has 0 aliphatic heterocycles. The Hall–Kier alpha value is -2.92. The van der Waals surface area contributed by atoms with Crippen LogP contribution in [0.15, 0.2) is 48.5 Å². The van der Waals surface area contributed by atoms with E-state index in [0.717, 1.165) is 41.9 Å². The number of benzene rings is 2. The monoisotopic (exact) mass is 374 g/mol. The summed E-state index contributed by atoms with van der Waals surface area (Å²) in [7, 11) is 4.04. The average molecular weight is 374 g/mol. The fourth-order valence-corrected chi connectivity index (χ4v) is 3.84. The number of H-pyrrole nitrogens is 1. The Morgan fingerprint density at radius 3 is 2.79 bits per heavy atom. The standard InChI is InChI=1S/C23H26N4O/c1-27(2)15-16-7-5-9-18(13-16)23(28)24-19-10-6-8-17(14-19)22-20-11-3-4-12-21(20)25-26-22/h5-10,13-14H,3-4,11-12,15H2,1-2H3,(H,24,28)(H,25,26). The van der Waals surface area contributed by atoms with E-state index in [1.807, 2.05) is 56.6 Å². The van der Waals surface area contributed by atoms with Crippen molar-refractivity contribution in [2.45, 2.75) is 32.2 Å². The molecule has 4 rings (SSSR count). The van der Waals surface area contributed by atoms with Crippen LogP contribution in [0.5, 0.6) is 0 Å². The first-order valence-corrected chi connectivity index (χ1v) is 9.82. The highest BCUT2D eigenvalue weighted by atomic mass is 16.1. The summed E-state index contributed by atoms with van der Waals surface area (Å²) < 4.78 is 0. The Morgan fingerprint density at radius 2 is 1.93 bits per heavy atom. The first-order chi connectivity index (χ1) is 13.6. The SMILES string of the molecule is CN(C)Cc1cccc(C(=O)Nc2cccc(-c3n[nH]c4c3CCCC4)c2)c1. The van der Waals surface area contributed by atoms with Crippen molar-refractivity contribution in [3.8, 4) is 11.3 Å². The van der Waals surface area contributed by atoms with Crippen LogP contribution >= 0.6 is 0 Å². The molecule has 3 aromatic rings. The molecule has 0 radical (unpaired) electrons. The maximum absolute atomic E-state index is 12.7. The first-order valence-electron chi connectivity index (χ1n) is 9.82. The molecule has 5 heteroatoms. The van der Waals surface area contributed by atoms with Crippen molar-refractivity contribution in [1.29, 1.82) is 0 Å². The number of nitrogens with one attached hydrogen (secondary N) is 2. The van der Waals surface area contributed by atoms with Gasteiger partial charge in [0.2, 0.25) is 0 Å². The van der Waals surface area contributed by atoms with Crippen molar-refractivity contribution in [2.75, 3.05) is 19.4 Å². The van der Waals surface area contributed by atoms with E-state index in [0.29, 0.717) is 5.56 Å². The van der Waals surface area contributed by atoms with Crippen LogP contribution in [-0.4, -0.2) is 35.1 Å². The Kier molecular flexibility index (Phi) is 5.26. The minimum absolute atomic E-state index is 0.0955. The number of aromatic amines is 1. The number of nitrogens with zero attached hydrogens (tertiary/aromatic N) is 2. The normalized spacial score (nSPS) is 13.4. The smallest absolute Gasteiger partial charge is 0.255 e. The first kappa shape index (κ1) is 18.4. The van der Waals surface area contributed by atoms with Crippen LogP contribution in [-0.2, 0) is 19.4 Å². The van der Waals surface area contributed by atoms with Crippen LogP contribution in [0.3, 0.4) is 0 Å². The van der Waals surface area contributed by atoms with Gasteiger partial charge in [0.15, 0.2) is 0 Å². The quantitative estimate of drug-likeness (QED) is 0.701. The van der Waals surface area contributed by atoms with Crippen molar-refractivity contribution in [2.24, 2.45) is 0 Å².